The van der Waals surface area contributed by atoms with Crippen LogP contribution in [0.25, 0.3) is 17.2 Å². The van der Waals surface area contributed by atoms with Crippen LogP contribution >= 0.6 is 0 Å². The highest BCUT2D eigenvalue weighted by molar-refractivity contribution is 6.00. The van der Waals surface area contributed by atoms with Crippen LogP contribution in [-0.4, -0.2) is 24.0 Å². The first-order valence-electron chi connectivity index (χ1n) is 10.00. The Balaban J connectivity index is 2.06. The number of nitrogens with zero attached hydrogens (tertiary/aromatic N) is 1. The van der Waals surface area contributed by atoms with Crippen molar-refractivity contribution in [2.45, 2.75) is 20.4 Å². The fourth-order valence-corrected chi connectivity index (χ4v) is 3.56. The van der Waals surface area contributed by atoms with Gasteiger partial charge in [0, 0.05) is 25.1 Å². The number of aryl methyl sites for hydroxylation is 1. The number of hydrogen-bond acceptors (Lipinski definition) is 3. The third-order valence-electron chi connectivity index (χ3n) is 5.29. The van der Waals surface area contributed by atoms with Gasteiger partial charge in [-0.25, -0.2) is 0 Å². The summed E-state index contributed by atoms with van der Waals surface area (Å²) < 4.78 is 0. The highest BCUT2D eigenvalue weighted by Crippen LogP contribution is 2.30. The molecule has 0 spiro atoms. The molecule has 0 unspecified atom stereocenters. The standard InChI is InChI=1S/C26H26N2O3/c1-5-19-15-22(30)12-13-25(19)28(18(3)29)16-21-14-20(11-10-17(21)2)23-8-6-7-9-24(23)26(31)27-4/h5-15,30H,1,16H2,2-4H3,(H,27,31). The van der Waals surface area contributed by atoms with E-state index in [-0.39, 0.29) is 17.6 Å². The van der Waals surface area contributed by atoms with Crippen molar-refractivity contribution >= 4 is 23.6 Å². The summed E-state index contributed by atoms with van der Waals surface area (Å²) >= 11 is 0. The molecule has 0 aliphatic rings. The van der Waals surface area contributed by atoms with Crippen LogP contribution in [0.4, 0.5) is 5.69 Å². The van der Waals surface area contributed by atoms with Gasteiger partial charge in [0.05, 0.1) is 12.2 Å². The Morgan fingerprint density at radius 1 is 1.10 bits per heavy atom. The fraction of sp³-hybridized carbons (Fsp3) is 0.154. The number of rotatable bonds is 6. The number of carbonyl (C=O) groups is 2. The van der Waals surface area contributed by atoms with Crippen LogP contribution in [0.15, 0.2) is 67.2 Å². The van der Waals surface area contributed by atoms with Crippen LogP contribution in [-0.2, 0) is 11.3 Å². The Bertz CT molecular complexity index is 1150. The molecule has 31 heavy (non-hydrogen) atoms. The molecule has 0 saturated carbocycles. The number of phenolic OH excluding ortho intramolecular Hbond substituents is 1. The predicted octanol–water partition coefficient (Wildman–Crippen LogP) is 4.92. The first-order valence-corrected chi connectivity index (χ1v) is 10.00. The summed E-state index contributed by atoms with van der Waals surface area (Å²) in [6.07, 6.45) is 1.62. The van der Waals surface area contributed by atoms with E-state index in [0.717, 1.165) is 22.3 Å². The normalized spacial score (nSPS) is 10.4. The second-order valence-corrected chi connectivity index (χ2v) is 7.32. The zero-order chi connectivity index (χ0) is 22.5. The Hall–Kier alpha value is -3.86. The largest absolute Gasteiger partial charge is 0.508 e. The number of hydrogen-bond donors (Lipinski definition) is 2. The molecule has 158 valence electrons. The maximum absolute atomic E-state index is 12.5. The molecule has 0 aliphatic carbocycles. The minimum absolute atomic E-state index is 0.117. The van der Waals surface area contributed by atoms with Gasteiger partial charge < -0.3 is 15.3 Å². The Labute approximate surface area is 182 Å². The molecule has 3 aromatic rings. The second-order valence-electron chi connectivity index (χ2n) is 7.32. The van der Waals surface area contributed by atoms with Crippen molar-refractivity contribution in [3.05, 3.63) is 89.5 Å². The van der Waals surface area contributed by atoms with Crippen LogP contribution in [0, 0.1) is 6.92 Å². The van der Waals surface area contributed by atoms with Gasteiger partial charge in [-0.1, -0.05) is 43.0 Å². The van der Waals surface area contributed by atoms with Crippen LogP contribution in [0.3, 0.4) is 0 Å². The van der Waals surface area contributed by atoms with Gasteiger partial charge in [0.25, 0.3) is 5.91 Å². The number of anilines is 1. The Morgan fingerprint density at radius 2 is 1.84 bits per heavy atom. The molecule has 0 heterocycles. The first-order chi connectivity index (χ1) is 14.8. The molecule has 5 heteroatoms. The minimum Gasteiger partial charge on any atom is -0.508 e. The summed E-state index contributed by atoms with van der Waals surface area (Å²) in [4.78, 5) is 26.5. The molecule has 3 aromatic carbocycles. The first kappa shape index (κ1) is 21.8. The van der Waals surface area contributed by atoms with Crippen LogP contribution in [0.2, 0.25) is 0 Å². The van der Waals surface area contributed by atoms with E-state index < -0.39 is 0 Å². The molecular weight excluding hydrogens is 388 g/mol. The van der Waals surface area contributed by atoms with E-state index >= 15 is 0 Å². The Morgan fingerprint density at radius 3 is 2.52 bits per heavy atom. The number of phenols is 1. The van der Waals surface area contributed by atoms with Crippen molar-refractivity contribution in [2.24, 2.45) is 0 Å². The van der Waals surface area contributed by atoms with Crippen molar-refractivity contribution in [2.75, 3.05) is 11.9 Å². The average Bonchev–Trinajstić information content (AvgIpc) is 2.78. The molecule has 0 bridgehead atoms. The van der Waals surface area contributed by atoms with Crippen LogP contribution in [0.5, 0.6) is 5.75 Å². The summed E-state index contributed by atoms with van der Waals surface area (Å²) in [5.74, 6) is -0.154. The van der Waals surface area contributed by atoms with Gasteiger partial charge in [0.1, 0.15) is 5.75 Å². The number of amides is 2. The van der Waals surface area contributed by atoms with Gasteiger partial charge in [-0.15, -0.1) is 0 Å². The lowest BCUT2D eigenvalue weighted by molar-refractivity contribution is -0.116. The zero-order valence-electron chi connectivity index (χ0n) is 18.0. The summed E-state index contributed by atoms with van der Waals surface area (Å²) in [5, 5.41) is 12.5. The lowest BCUT2D eigenvalue weighted by atomic mass is 9.95. The maximum Gasteiger partial charge on any atom is 0.251 e. The average molecular weight is 415 g/mol. The predicted molar refractivity (Wildman–Crippen MR) is 125 cm³/mol. The van der Waals surface area contributed by atoms with E-state index in [4.69, 9.17) is 0 Å². The molecule has 3 rings (SSSR count). The van der Waals surface area contributed by atoms with Gasteiger partial charge in [-0.05, 0) is 59.5 Å². The third-order valence-corrected chi connectivity index (χ3v) is 5.29. The number of benzene rings is 3. The second kappa shape index (κ2) is 9.30. The van der Waals surface area contributed by atoms with Crippen molar-refractivity contribution < 1.29 is 14.7 Å². The van der Waals surface area contributed by atoms with Crippen LogP contribution in [0.1, 0.15) is 34.0 Å². The van der Waals surface area contributed by atoms with E-state index in [1.165, 1.54) is 6.92 Å². The van der Waals surface area contributed by atoms with Gasteiger partial charge in [-0.3, -0.25) is 9.59 Å². The SMILES string of the molecule is C=Cc1cc(O)ccc1N(Cc1cc(-c2ccccc2C(=O)NC)ccc1C)C(C)=O. The summed E-state index contributed by atoms with van der Waals surface area (Å²) in [6, 6.07) is 18.3. The fourth-order valence-electron chi connectivity index (χ4n) is 3.56. The van der Waals surface area contributed by atoms with Gasteiger partial charge in [0.2, 0.25) is 5.91 Å². The maximum atomic E-state index is 12.5. The molecule has 0 saturated heterocycles. The lowest BCUT2D eigenvalue weighted by Gasteiger charge is -2.25. The number of carbonyl (C=O) groups excluding carboxylic acids is 2. The lowest BCUT2D eigenvalue weighted by Crippen LogP contribution is -2.28. The molecule has 0 fully saturated rings. The third kappa shape index (κ3) is 4.67. The van der Waals surface area contributed by atoms with Crippen LogP contribution < -0.4 is 10.2 Å². The molecule has 5 nitrogen and oxygen atoms in total. The number of aromatic hydroxyl groups is 1. The molecule has 2 amide bonds. The summed E-state index contributed by atoms with van der Waals surface area (Å²) in [5.41, 5.74) is 5.67. The van der Waals surface area contributed by atoms with Crippen molar-refractivity contribution in [3.8, 4) is 16.9 Å². The van der Waals surface area contributed by atoms with Gasteiger partial charge in [-0.2, -0.15) is 0 Å². The zero-order valence-corrected chi connectivity index (χ0v) is 18.0. The van der Waals surface area contributed by atoms with Gasteiger partial charge >= 0.3 is 0 Å². The monoisotopic (exact) mass is 414 g/mol. The molecule has 0 aliphatic heterocycles. The smallest absolute Gasteiger partial charge is 0.251 e. The summed E-state index contributed by atoms with van der Waals surface area (Å²) in [7, 11) is 1.61. The quantitative estimate of drug-likeness (QED) is 0.601. The molecule has 2 N–H and O–H groups in total. The summed E-state index contributed by atoms with van der Waals surface area (Å²) in [6.45, 7) is 7.66. The van der Waals surface area contributed by atoms with E-state index in [9.17, 15) is 14.7 Å². The number of nitrogens with one attached hydrogen (secondary N) is 1. The van der Waals surface area contributed by atoms with Crippen molar-refractivity contribution in [3.63, 3.8) is 0 Å². The molecule has 0 aromatic heterocycles. The van der Waals surface area contributed by atoms with Crippen molar-refractivity contribution in [1.82, 2.24) is 5.32 Å². The molecule has 0 radical (unpaired) electrons. The van der Waals surface area contributed by atoms with E-state index in [0.29, 0.717) is 23.4 Å². The molecular formula is C26H26N2O3. The highest BCUT2D eigenvalue weighted by atomic mass is 16.3. The Kier molecular flexibility index (Phi) is 6.55. The minimum atomic E-state index is -0.150. The van der Waals surface area contributed by atoms with E-state index in [2.05, 4.69) is 11.9 Å². The van der Waals surface area contributed by atoms with Crippen molar-refractivity contribution in [1.29, 1.82) is 0 Å². The topological polar surface area (TPSA) is 69.6 Å². The highest BCUT2D eigenvalue weighted by Gasteiger charge is 2.18. The van der Waals surface area contributed by atoms with Gasteiger partial charge in [0.15, 0.2) is 0 Å². The van der Waals surface area contributed by atoms with E-state index in [1.807, 2.05) is 43.3 Å². The van der Waals surface area contributed by atoms with E-state index in [1.54, 1.807) is 42.3 Å². The molecule has 0 atom stereocenters.